The van der Waals surface area contributed by atoms with Gasteiger partial charge in [0.25, 0.3) is 42.8 Å². The maximum absolute atomic E-state index is 14.0. The van der Waals surface area contributed by atoms with Crippen molar-refractivity contribution < 1.29 is 122 Å². The molecule has 84 heavy (non-hydrogen) atoms. The number of nitrogens with two attached hydrogens (primary N) is 2. The van der Waals surface area contributed by atoms with E-state index in [0.29, 0.717) is 0 Å². The standard InChI is InChI=1S/C39H47F2N15O24P4/c1-53-13-56(32-22(53)34(62)52-39(43)50-32)36-26(60)24(58)18(76-36)8-73-82(65,66)79-84(69,70)80-83(67,68)74-9-19-27(78-81(63,64)72-7-17-23(57)25(59)35(75-17)55-12-48-21-31(55)49-38(42)51-33(21)61)28(71-2)37(77-19)54-11-47-20-29(45-10-46-30(20)54)44-6-14-3-4-15(40)16(41)5-14/h3-5,10-13,17-19,23-28,35-37,57-60H,6-9H2,1-2H3,(H10-,42,43,44,45,46,49,50,51,52,61,62,63,64,65,66,67,68,69,70)/p-4/t17-,18-,19-,23?,24?,25+,26?,27?,28+,35-,36-,37-/m1/s1. The Hall–Kier alpha value is -6.07. The lowest BCUT2D eigenvalue weighted by atomic mass is 10.1. The number of rotatable bonds is 22. The van der Waals surface area contributed by atoms with Gasteiger partial charge < -0.3 is 98.9 Å². The number of phosphoric acid groups is 4. The number of methoxy groups -OCH3 is 1. The van der Waals surface area contributed by atoms with E-state index in [9.17, 15) is 76.9 Å². The molecule has 0 radical (unpaired) electrons. The van der Waals surface area contributed by atoms with Crippen LogP contribution in [0, 0.1) is 11.6 Å². The molecule has 0 amide bonds. The Labute approximate surface area is 465 Å². The fourth-order valence-electron chi connectivity index (χ4n) is 9.16. The van der Waals surface area contributed by atoms with Gasteiger partial charge in [-0.3, -0.25) is 41.7 Å². The normalized spacial score (nSPS) is 28.4. The van der Waals surface area contributed by atoms with Crippen molar-refractivity contribution in [3.63, 3.8) is 0 Å². The van der Waals surface area contributed by atoms with Gasteiger partial charge in [-0.2, -0.15) is 4.98 Å². The summed E-state index contributed by atoms with van der Waals surface area (Å²) in [6, 6.07) is 3.10. The molecule has 1 aromatic carbocycles. The van der Waals surface area contributed by atoms with Gasteiger partial charge in [0, 0.05) is 19.5 Å². The first kappa shape index (κ1) is 61.0. The van der Waals surface area contributed by atoms with Crippen LogP contribution in [0.25, 0.3) is 33.5 Å². The number of anilines is 3. The number of nitrogens with one attached hydrogen (secondary N) is 2. The Bertz CT molecular complexity index is 3900. The number of fused-ring (bicyclic) bond motifs is 3. The molecular weight excluding hydrogens is 1220 g/mol. The highest BCUT2D eigenvalue weighted by Gasteiger charge is 2.51. The molecule has 16 atom stereocenters. The molecule has 3 aliphatic rings. The van der Waals surface area contributed by atoms with Crippen LogP contribution in [-0.2, 0) is 77.5 Å². The summed E-state index contributed by atoms with van der Waals surface area (Å²) in [6.45, 7) is -3.99. The summed E-state index contributed by atoms with van der Waals surface area (Å²) in [5.41, 5.74) is 9.90. The van der Waals surface area contributed by atoms with E-state index in [-0.39, 0.29) is 57.4 Å². The number of nitrogens with zero attached hydrogens (tertiary/aromatic N) is 11. The van der Waals surface area contributed by atoms with Crippen LogP contribution in [0.4, 0.5) is 26.5 Å². The molecule has 0 aliphatic carbocycles. The van der Waals surface area contributed by atoms with Crippen LogP contribution in [0.1, 0.15) is 24.2 Å². The van der Waals surface area contributed by atoms with Crippen molar-refractivity contribution in [2.24, 2.45) is 7.05 Å². The summed E-state index contributed by atoms with van der Waals surface area (Å²) >= 11 is 0. The first-order valence-electron chi connectivity index (χ1n) is 23.8. The average molecular weight is 1270 g/mol. The highest BCUT2D eigenvalue weighted by atomic mass is 31.3. The number of halogens is 2. The van der Waals surface area contributed by atoms with Gasteiger partial charge in [-0.25, -0.2) is 46.9 Å². The molecule has 3 fully saturated rings. The zero-order chi connectivity index (χ0) is 60.5. The second kappa shape index (κ2) is 23.3. The van der Waals surface area contributed by atoms with Crippen LogP contribution in [-0.4, -0.2) is 156 Å². The van der Waals surface area contributed by atoms with Gasteiger partial charge in [0.05, 0.1) is 39.5 Å². The molecule has 39 nitrogen and oxygen atoms in total. The van der Waals surface area contributed by atoms with E-state index in [1.54, 1.807) is 0 Å². The second-order valence-electron chi connectivity index (χ2n) is 18.4. The number of phosphoric ester groups is 3. The minimum absolute atomic E-state index is 0.0112. The van der Waals surface area contributed by atoms with Gasteiger partial charge >= 0.3 is 5.65 Å². The summed E-state index contributed by atoms with van der Waals surface area (Å²) in [7, 11) is -22.7. The first-order valence-corrected chi connectivity index (χ1v) is 29.7. The van der Waals surface area contributed by atoms with E-state index >= 15 is 0 Å². The molecule has 456 valence electrons. The van der Waals surface area contributed by atoms with Crippen LogP contribution in [0.2, 0.25) is 0 Å². The number of benzene rings is 1. The van der Waals surface area contributed by atoms with E-state index in [2.05, 4.69) is 58.3 Å². The fourth-order valence-corrected chi connectivity index (χ4v) is 13.5. The third kappa shape index (κ3) is 12.5. The van der Waals surface area contributed by atoms with Gasteiger partial charge in [-0.1, -0.05) is 11.1 Å². The molecule has 10 rings (SSSR count). The number of hydrogen-bond acceptors (Lipinski definition) is 34. The SMILES string of the molecule is CO[C@H]1C(OP(=O)([O-])OC[C@H]2O[C@@H](n3cnc4c(=O)[nH]c(N)nc43)[C@@H](O)C2O)[C@@H](COP(=O)([O-])OP(=O)([O-])OP(=O)([O-])OC[C@H]2O[C@@H]([n+]3cn(C)c4c([O-])nc(N)nc43)C(O)C2O)O[C@H]1n1cnc2c(NCc3ccc(F)c(F)c3)ncnc21. The fraction of sp³-hybridized carbons (Fsp3) is 0.462. The monoisotopic (exact) mass is 1270 g/mol. The van der Waals surface area contributed by atoms with E-state index in [0.717, 1.165) is 51.9 Å². The predicted octanol–water partition coefficient (Wildman–Crippen LogP) is -5.15. The number of aliphatic hydroxyl groups is 4. The molecule has 45 heteroatoms. The summed E-state index contributed by atoms with van der Waals surface area (Å²) in [5.74, 6) is -3.87. The number of ether oxygens (including phenoxy) is 4. The summed E-state index contributed by atoms with van der Waals surface area (Å²) in [4.78, 5) is 95.0. The topological polar surface area (TPSA) is 563 Å². The Morgan fingerprint density at radius 1 is 0.750 bits per heavy atom. The summed E-state index contributed by atoms with van der Waals surface area (Å²) in [6.07, 6.45) is -17.4. The van der Waals surface area contributed by atoms with Crippen molar-refractivity contribution in [2.75, 3.05) is 43.7 Å². The van der Waals surface area contributed by atoms with Gasteiger partial charge in [0.1, 0.15) is 61.3 Å². The van der Waals surface area contributed by atoms with Crippen molar-refractivity contribution >= 4 is 82.5 Å². The number of nitrogen functional groups attached to an aromatic ring is 2. The number of imidazole rings is 3. The molecular formula is C39H43F2N15O24P4-4. The van der Waals surface area contributed by atoms with Crippen molar-refractivity contribution in [3.05, 3.63) is 71.1 Å². The Morgan fingerprint density at radius 3 is 2.05 bits per heavy atom. The number of hydrogen-bond donors (Lipinski definition) is 8. The smallest absolute Gasteiger partial charge is 0.309 e. The lowest BCUT2D eigenvalue weighted by molar-refractivity contribution is -0.745. The molecule has 3 aliphatic heterocycles. The number of aryl methyl sites for hydroxylation is 1. The second-order valence-corrected chi connectivity index (χ2v) is 24.3. The van der Waals surface area contributed by atoms with Gasteiger partial charge in [-0.05, 0) is 17.7 Å². The van der Waals surface area contributed by atoms with E-state index in [4.69, 9.17) is 44.0 Å². The van der Waals surface area contributed by atoms with E-state index < -0.39 is 154 Å². The Balaban J connectivity index is 0.833. The zero-order valence-electron chi connectivity index (χ0n) is 42.4. The van der Waals surface area contributed by atoms with Crippen LogP contribution in [0.15, 0.2) is 48.3 Å². The van der Waals surface area contributed by atoms with Gasteiger partial charge in [-0.15, -0.1) is 0 Å². The third-order valence-corrected chi connectivity index (χ3v) is 18.0. The number of aromatic nitrogens is 12. The number of aliphatic hydroxyl groups excluding tert-OH is 4. The minimum Gasteiger partial charge on any atom is -0.856 e. The molecule has 8 unspecified atom stereocenters. The molecule has 0 saturated carbocycles. The van der Waals surface area contributed by atoms with E-state index in [1.165, 1.54) is 24.0 Å². The van der Waals surface area contributed by atoms with Crippen molar-refractivity contribution in [1.29, 1.82) is 0 Å². The van der Waals surface area contributed by atoms with Crippen molar-refractivity contribution in [3.8, 4) is 5.88 Å². The third-order valence-electron chi connectivity index (χ3n) is 12.9. The van der Waals surface area contributed by atoms with Crippen LogP contribution in [0.3, 0.4) is 0 Å². The van der Waals surface area contributed by atoms with Gasteiger partial charge in [0.15, 0.2) is 64.1 Å². The average Bonchev–Trinajstić information content (AvgIpc) is 2.41. The van der Waals surface area contributed by atoms with Crippen LogP contribution < -0.4 is 51.6 Å². The van der Waals surface area contributed by atoms with Crippen molar-refractivity contribution in [2.45, 2.75) is 80.2 Å². The highest BCUT2D eigenvalue weighted by Crippen LogP contribution is 2.63. The molecule has 6 aromatic heterocycles. The molecule has 3 saturated heterocycles. The lowest BCUT2D eigenvalue weighted by Gasteiger charge is -2.35. The largest absolute Gasteiger partial charge is 0.856 e. The van der Waals surface area contributed by atoms with Crippen LogP contribution in [0.5, 0.6) is 5.88 Å². The quantitative estimate of drug-likeness (QED) is 0.0232. The molecule has 10 N–H and O–H groups in total. The zero-order valence-corrected chi connectivity index (χ0v) is 45.9. The molecule has 9 heterocycles. The van der Waals surface area contributed by atoms with E-state index in [1.807, 2.05) is 0 Å². The Kier molecular flexibility index (Phi) is 16.9. The Morgan fingerprint density at radius 2 is 1.37 bits per heavy atom. The predicted molar refractivity (Wildman–Crippen MR) is 256 cm³/mol. The molecule has 0 spiro atoms. The van der Waals surface area contributed by atoms with Gasteiger partial charge in [0.2, 0.25) is 12.2 Å². The number of aromatic amines is 1. The highest BCUT2D eigenvalue weighted by molar-refractivity contribution is 7.65. The molecule has 0 bridgehead atoms. The molecule has 7 aromatic rings. The summed E-state index contributed by atoms with van der Waals surface area (Å²) < 4.78 is 135. The first-order chi connectivity index (χ1) is 39.5. The van der Waals surface area contributed by atoms with Crippen molar-refractivity contribution in [1.82, 2.24) is 53.6 Å². The maximum Gasteiger partial charge on any atom is 0.309 e. The van der Waals surface area contributed by atoms with Crippen LogP contribution >= 0.6 is 31.3 Å². The number of H-pyrrole nitrogens is 1. The minimum atomic E-state index is -6.65. The lowest BCUT2D eigenvalue weighted by Crippen LogP contribution is -2.46. The maximum atomic E-state index is 14.0. The summed E-state index contributed by atoms with van der Waals surface area (Å²) in [5, 5.41) is 58.6.